The van der Waals surface area contributed by atoms with Crippen LogP contribution in [0.2, 0.25) is 0 Å². The molecule has 0 saturated heterocycles. The van der Waals surface area contributed by atoms with Crippen LogP contribution < -0.4 is 10.5 Å². The molecule has 2 aromatic heterocycles. The molecule has 17 heavy (non-hydrogen) atoms. The van der Waals surface area contributed by atoms with Crippen molar-refractivity contribution in [1.82, 2.24) is 9.38 Å². The topological polar surface area (TPSA) is 52.5 Å². The quantitative estimate of drug-likeness (QED) is 0.878. The molecular weight excluding hydrogens is 214 g/mol. The molecule has 0 aromatic carbocycles. The maximum Gasteiger partial charge on any atom is 0.199 e. The van der Waals surface area contributed by atoms with Gasteiger partial charge in [0.2, 0.25) is 0 Å². The van der Waals surface area contributed by atoms with Crippen molar-refractivity contribution in [3.63, 3.8) is 0 Å². The smallest absolute Gasteiger partial charge is 0.199 e. The van der Waals surface area contributed by atoms with Gasteiger partial charge in [0.25, 0.3) is 0 Å². The number of aromatic nitrogens is 2. The predicted molar refractivity (Wildman–Crippen MR) is 66.1 cm³/mol. The Balaban J connectivity index is 1.78. The Bertz CT molecular complexity index is 514. The highest BCUT2D eigenvalue weighted by Crippen LogP contribution is 2.28. The van der Waals surface area contributed by atoms with E-state index in [-0.39, 0.29) is 5.54 Å². The van der Waals surface area contributed by atoms with Gasteiger partial charge in [0.1, 0.15) is 12.3 Å². The number of fused-ring (bicyclic) bond motifs is 1. The molecule has 0 spiro atoms. The molecule has 0 radical (unpaired) electrons. The summed E-state index contributed by atoms with van der Waals surface area (Å²) in [5, 5.41) is 0. The minimum Gasteiger partial charge on any atom is -0.477 e. The maximum atomic E-state index is 6.28. The van der Waals surface area contributed by atoms with E-state index in [9.17, 15) is 0 Å². The SMILES string of the molecule is NC1(COc2cccc3nccn23)CCCC1. The summed E-state index contributed by atoms with van der Waals surface area (Å²) in [7, 11) is 0. The number of ether oxygens (including phenoxy) is 1. The molecule has 2 heterocycles. The first-order valence-corrected chi connectivity index (χ1v) is 6.11. The van der Waals surface area contributed by atoms with E-state index in [0.717, 1.165) is 24.4 Å². The van der Waals surface area contributed by atoms with Crippen LogP contribution >= 0.6 is 0 Å². The highest BCUT2D eigenvalue weighted by molar-refractivity contribution is 5.41. The number of nitrogens with two attached hydrogens (primary N) is 1. The van der Waals surface area contributed by atoms with Crippen molar-refractivity contribution < 1.29 is 4.74 Å². The lowest BCUT2D eigenvalue weighted by atomic mass is 10.0. The zero-order valence-corrected chi connectivity index (χ0v) is 9.80. The molecule has 2 N–H and O–H groups in total. The average molecular weight is 231 g/mol. The average Bonchev–Trinajstić information content (AvgIpc) is 2.95. The number of rotatable bonds is 3. The van der Waals surface area contributed by atoms with E-state index in [2.05, 4.69) is 4.98 Å². The molecule has 0 unspecified atom stereocenters. The third-order valence-corrected chi connectivity index (χ3v) is 3.50. The van der Waals surface area contributed by atoms with Gasteiger partial charge in [-0.3, -0.25) is 4.40 Å². The molecular formula is C13H17N3O. The first kappa shape index (κ1) is 10.6. The van der Waals surface area contributed by atoms with Gasteiger partial charge in [-0.1, -0.05) is 18.9 Å². The molecule has 1 aliphatic carbocycles. The summed E-state index contributed by atoms with van der Waals surface area (Å²) >= 11 is 0. The van der Waals surface area contributed by atoms with E-state index in [1.165, 1.54) is 12.8 Å². The van der Waals surface area contributed by atoms with Crippen LogP contribution in [0.15, 0.2) is 30.6 Å². The van der Waals surface area contributed by atoms with E-state index in [1.54, 1.807) is 6.20 Å². The molecule has 0 bridgehead atoms. The number of imidazole rings is 1. The summed E-state index contributed by atoms with van der Waals surface area (Å²) in [4.78, 5) is 4.23. The molecule has 1 fully saturated rings. The fraction of sp³-hybridized carbons (Fsp3) is 0.462. The summed E-state index contributed by atoms with van der Waals surface area (Å²) in [6, 6.07) is 5.86. The Labute approximate surface area is 100 Å². The van der Waals surface area contributed by atoms with Gasteiger partial charge >= 0.3 is 0 Å². The molecule has 3 rings (SSSR count). The molecule has 1 saturated carbocycles. The predicted octanol–water partition coefficient (Wildman–Crippen LogP) is 1.98. The summed E-state index contributed by atoms with van der Waals surface area (Å²) in [6.45, 7) is 0.588. The Morgan fingerprint density at radius 2 is 2.18 bits per heavy atom. The lowest BCUT2D eigenvalue weighted by Gasteiger charge is -2.23. The van der Waals surface area contributed by atoms with Gasteiger partial charge in [-0.05, 0) is 25.0 Å². The van der Waals surface area contributed by atoms with Crippen LogP contribution in [0.4, 0.5) is 0 Å². The minimum absolute atomic E-state index is 0.136. The van der Waals surface area contributed by atoms with Gasteiger partial charge in [0.15, 0.2) is 5.88 Å². The van der Waals surface area contributed by atoms with Crippen molar-refractivity contribution in [3.8, 4) is 5.88 Å². The zero-order valence-electron chi connectivity index (χ0n) is 9.80. The minimum atomic E-state index is -0.136. The second-order valence-electron chi connectivity index (χ2n) is 4.88. The number of hydrogen-bond donors (Lipinski definition) is 1. The van der Waals surface area contributed by atoms with Crippen molar-refractivity contribution in [2.24, 2.45) is 5.73 Å². The van der Waals surface area contributed by atoms with Crippen molar-refractivity contribution in [2.45, 2.75) is 31.2 Å². The van der Waals surface area contributed by atoms with Crippen molar-refractivity contribution in [1.29, 1.82) is 0 Å². The molecule has 0 aliphatic heterocycles. The van der Waals surface area contributed by atoms with Gasteiger partial charge in [-0.15, -0.1) is 0 Å². The van der Waals surface area contributed by atoms with Crippen LogP contribution in [-0.2, 0) is 0 Å². The van der Waals surface area contributed by atoms with Crippen molar-refractivity contribution >= 4 is 5.65 Å². The lowest BCUT2D eigenvalue weighted by molar-refractivity contribution is 0.211. The zero-order chi connectivity index (χ0) is 11.7. The highest BCUT2D eigenvalue weighted by Gasteiger charge is 2.30. The van der Waals surface area contributed by atoms with E-state index in [1.807, 2.05) is 28.8 Å². The molecule has 1 aliphatic rings. The first-order valence-electron chi connectivity index (χ1n) is 6.11. The van der Waals surface area contributed by atoms with Crippen molar-refractivity contribution in [3.05, 3.63) is 30.6 Å². The van der Waals surface area contributed by atoms with Crippen LogP contribution in [0, 0.1) is 0 Å². The number of nitrogens with zero attached hydrogens (tertiary/aromatic N) is 2. The number of hydrogen-bond acceptors (Lipinski definition) is 3. The van der Waals surface area contributed by atoms with Gasteiger partial charge in [0.05, 0.1) is 5.54 Å². The second kappa shape index (κ2) is 4.04. The Kier molecular flexibility index (Phi) is 2.52. The summed E-state index contributed by atoms with van der Waals surface area (Å²) in [6.07, 6.45) is 8.24. The molecule has 90 valence electrons. The molecule has 0 amide bonds. The molecule has 4 heteroatoms. The van der Waals surface area contributed by atoms with E-state index in [0.29, 0.717) is 6.61 Å². The first-order chi connectivity index (χ1) is 8.27. The fourth-order valence-electron chi connectivity index (χ4n) is 2.48. The van der Waals surface area contributed by atoms with Crippen LogP contribution in [0.3, 0.4) is 0 Å². The third kappa shape index (κ3) is 2.00. The van der Waals surface area contributed by atoms with E-state index in [4.69, 9.17) is 10.5 Å². The molecule has 0 atom stereocenters. The van der Waals surface area contributed by atoms with E-state index < -0.39 is 0 Å². The summed E-state index contributed by atoms with van der Waals surface area (Å²) in [5.74, 6) is 0.816. The molecule has 4 nitrogen and oxygen atoms in total. The Morgan fingerprint density at radius 3 is 3.00 bits per heavy atom. The van der Waals surface area contributed by atoms with Gasteiger partial charge in [-0.25, -0.2) is 4.98 Å². The summed E-state index contributed by atoms with van der Waals surface area (Å²) in [5.41, 5.74) is 7.04. The standard InChI is InChI=1S/C13H17N3O/c14-13(6-1-2-7-13)10-17-12-5-3-4-11-15-8-9-16(11)12/h3-5,8-9H,1-2,6-7,10,14H2. The second-order valence-corrected chi connectivity index (χ2v) is 4.88. The van der Waals surface area contributed by atoms with Gasteiger partial charge in [0, 0.05) is 12.4 Å². The molecule has 2 aromatic rings. The van der Waals surface area contributed by atoms with Crippen LogP contribution in [-0.4, -0.2) is 21.5 Å². The maximum absolute atomic E-state index is 6.28. The lowest BCUT2D eigenvalue weighted by Crippen LogP contribution is -2.42. The monoisotopic (exact) mass is 231 g/mol. The largest absolute Gasteiger partial charge is 0.477 e. The van der Waals surface area contributed by atoms with E-state index >= 15 is 0 Å². The summed E-state index contributed by atoms with van der Waals surface area (Å²) < 4.78 is 7.81. The third-order valence-electron chi connectivity index (χ3n) is 3.50. The van der Waals surface area contributed by atoms with Crippen LogP contribution in [0.5, 0.6) is 5.88 Å². The van der Waals surface area contributed by atoms with Crippen molar-refractivity contribution in [2.75, 3.05) is 6.61 Å². The van der Waals surface area contributed by atoms with Gasteiger partial charge in [-0.2, -0.15) is 0 Å². The van der Waals surface area contributed by atoms with Crippen LogP contribution in [0.1, 0.15) is 25.7 Å². The highest BCUT2D eigenvalue weighted by atomic mass is 16.5. The van der Waals surface area contributed by atoms with Crippen LogP contribution in [0.25, 0.3) is 5.65 Å². The Morgan fingerprint density at radius 1 is 1.35 bits per heavy atom. The van der Waals surface area contributed by atoms with Gasteiger partial charge < -0.3 is 10.5 Å². The normalized spacial score (nSPS) is 18.6. The number of pyridine rings is 1. The Hall–Kier alpha value is -1.55. The fourth-order valence-corrected chi connectivity index (χ4v) is 2.48.